The minimum absolute atomic E-state index is 0.570. The fourth-order valence-corrected chi connectivity index (χ4v) is 2.78. The van der Waals surface area contributed by atoms with Gasteiger partial charge in [0.15, 0.2) is 5.82 Å². The highest BCUT2D eigenvalue weighted by molar-refractivity contribution is 5.51. The number of aromatic nitrogens is 2. The number of likely N-dealkylation sites (N-methyl/N-ethyl adjacent to an activating group) is 1. The molecule has 2 aliphatic heterocycles. The van der Waals surface area contributed by atoms with Crippen molar-refractivity contribution in [3.8, 4) is 5.88 Å². The van der Waals surface area contributed by atoms with Crippen LogP contribution < -0.4 is 9.64 Å². The average Bonchev–Trinajstić information content (AvgIpc) is 2.87. The highest BCUT2D eigenvalue weighted by atomic mass is 16.5. The zero-order valence-electron chi connectivity index (χ0n) is 9.63. The quantitative estimate of drug-likeness (QED) is 0.720. The van der Waals surface area contributed by atoms with E-state index in [0.717, 1.165) is 18.9 Å². The van der Waals surface area contributed by atoms with Crippen molar-refractivity contribution < 1.29 is 4.74 Å². The molecule has 1 aromatic rings. The standard InChI is InChI=1S/C11H16N4O/c1-14-6-9-5-8(14)7-15(9)10-11(16-2)13-4-3-12-10/h3-4,8-9H,5-7H2,1-2H3/t8?,9-/m0/s1. The Kier molecular flexibility index (Phi) is 2.21. The van der Waals surface area contributed by atoms with E-state index in [9.17, 15) is 0 Å². The van der Waals surface area contributed by atoms with Crippen LogP contribution >= 0.6 is 0 Å². The molecule has 3 heterocycles. The summed E-state index contributed by atoms with van der Waals surface area (Å²) in [5.74, 6) is 1.53. The smallest absolute Gasteiger partial charge is 0.257 e. The van der Waals surface area contributed by atoms with E-state index in [-0.39, 0.29) is 0 Å². The van der Waals surface area contributed by atoms with Crippen LogP contribution in [0.25, 0.3) is 0 Å². The van der Waals surface area contributed by atoms with E-state index in [2.05, 4.69) is 26.8 Å². The van der Waals surface area contributed by atoms with E-state index in [1.165, 1.54) is 6.42 Å². The number of ether oxygens (including phenoxy) is 1. The second-order valence-corrected chi connectivity index (χ2v) is 4.52. The van der Waals surface area contributed by atoms with Crippen molar-refractivity contribution in [1.29, 1.82) is 0 Å². The third kappa shape index (κ3) is 1.35. The number of fused-ring (bicyclic) bond motifs is 2. The Hall–Kier alpha value is -1.36. The molecule has 0 amide bonds. The molecule has 86 valence electrons. The van der Waals surface area contributed by atoms with Crippen molar-refractivity contribution in [3.63, 3.8) is 0 Å². The molecular formula is C11H16N4O. The fraction of sp³-hybridized carbons (Fsp3) is 0.636. The summed E-state index contributed by atoms with van der Waals surface area (Å²) in [6, 6.07) is 1.23. The van der Waals surface area contributed by atoms with Crippen molar-refractivity contribution in [3.05, 3.63) is 12.4 Å². The average molecular weight is 220 g/mol. The van der Waals surface area contributed by atoms with Gasteiger partial charge in [0.2, 0.25) is 0 Å². The van der Waals surface area contributed by atoms with Gasteiger partial charge in [0.25, 0.3) is 5.88 Å². The maximum atomic E-state index is 5.26. The highest BCUT2D eigenvalue weighted by Gasteiger charge is 2.42. The molecule has 0 N–H and O–H groups in total. The van der Waals surface area contributed by atoms with E-state index >= 15 is 0 Å². The van der Waals surface area contributed by atoms with Crippen molar-refractivity contribution in [2.75, 3.05) is 32.1 Å². The van der Waals surface area contributed by atoms with Gasteiger partial charge in [-0.2, -0.15) is 0 Å². The van der Waals surface area contributed by atoms with Gasteiger partial charge in [-0.25, -0.2) is 9.97 Å². The van der Waals surface area contributed by atoms with Crippen molar-refractivity contribution >= 4 is 5.82 Å². The van der Waals surface area contributed by atoms with E-state index in [1.54, 1.807) is 19.5 Å². The second-order valence-electron chi connectivity index (χ2n) is 4.52. The summed E-state index contributed by atoms with van der Waals surface area (Å²) in [5.41, 5.74) is 0. The van der Waals surface area contributed by atoms with Gasteiger partial charge < -0.3 is 9.64 Å². The van der Waals surface area contributed by atoms with Gasteiger partial charge in [0.1, 0.15) is 0 Å². The van der Waals surface area contributed by atoms with Crippen molar-refractivity contribution in [2.45, 2.75) is 18.5 Å². The number of methoxy groups -OCH3 is 1. The van der Waals surface area contributed by atoms with Gasteiger partial charge in [0, 0.05) is 37.6 Å². The maximum Gasteiger partial charge on any atom is 0.257 e. The summed E-state index contributed by atoms with van der Waals surface area (Å²) in [6.45, 7) is 2.15. The summed E-state index contributed by atoms with van der Waals surface area (Å²) < 4.78 is 5.26. The molecule has 16 heavy (non-hydrogen) atoms. The third-order valence-electron chi connectivity index (χ3n) is 3.63. The zero-order chi connectivity index (χ0) is 11.1. The summed E-state index contributed by atoms with van der Waals surface area (Å²) in [6.07, 6.45) is 4.63. The van der Waals surface area contributed by atoms with Gasteiger partial charge >= 0.3 is 0 Å². The number of rotatable bonds is 2. The van der Waals surface area contributed by atoms with Crippen molar-refractivity contribution in [2.24, 2.45) is 0 Å². The lowest BCUT2D eigenvalue weighted by molar-refractivity contribution is 0.290. The van der Waals surface area contributed by atoms with Gasteiger partial charge in [-0.1, -0.05) is 0 Å². The number of likely N-dealkylation sites (tertiary alicyclic amines) is 1. The number of nitrogens with zero attached hydrogens (tertiary/aromatic N) is 4. The van der Waals surface area contributed by atoms with E-state index in [4.69, 9.17) is 4.74 Å². The highest BCUT2D eigenvalue weighted by Crippen LogP contribution is 2.35. The molecule has 2 bridgehead atoms. The Morgan fingerprint density at radius 1 is 1.25 bits per heavy atom. The van der Waals surface area contributed by atoms with E-state index < -0.39 is 0 Å². The first kappa shape index (κ1) is 9.84. The molecular weight excluding hydrogens is 204 g/mol. The van der Waals surface area contributed by atoms with Crippen LogP contribution in [0.15, 0.2) is 12.4 Å². The minimum atomic E-state index is 0.570. The minimum Gasteiger partial charge on any atom is -0.478 e. The molecule has 2 atom stereocenters. The zero-order valence-corrected chi connectivity index (χ0v) is 9.63. The van der Waals surface area contributed by atoms with Gasteiger partial charge in [0.05, 0.1) is 7.11 Å². The predicted octanol–water partition coefficient (Wildman–Crippen LogP) is 0.378. The second kappa shape index (κ2) is 3.59. The molecule has 3 rings (SSSR count). The summed E-state index contributed by atoms with van der Waals surface area (Å²) in [7, 11) is 3.84. The lowest BCUT2D eigenvalue weighted by Crippen LogP contribution is -2.45. The first-order valence-corrected chi connectivity index (χ1v) is 5.61. The molecule has 0 spiro atoms. The molecule has 0 aliphatic carbocycles. The topological polar surface area (TPSA) is 41.5 Å². The number of anilines is 1. The summed E-state index contributed by atoms with van der Waals surface area (Å²) in [4.78, 5) is 13.4. The Bertz CT molecular complexity index is 395. The van der Waals surface area contributed by atoms with Gasteiger partial charge in [-0.3, -0.25) is 4.90 Å². The molecule has 1 aromatic heterocycles. The van der Waals surface area contributed by atoms with Crippen LogP contribution in [0.2, 0.25) is 0 Å². The number of piperazine rings is 1. The first-order valence-electron chi connectivity index (χ1n) is 5.61. The van der Waals surface area contributed by atoms with Crippen LogP contribution in [0.5, 0.6) is 5.88 Å². The monoisotopic (exact) mass is 220 g/mol. The Balaban J connectivity index is 1.89. The summed E-state index contributed by atoms with van der Waals surface area (Å²) in [5, 5.41) is 0. The third-order valence-corrected chi connectivity index (χ3v) is 3.63. The Labute approximate surface area is 95.0 Å². The molecule has 2 aliphatic rings. The van der Waals surface area contributed by atoms with Crippen LogP contribution in [-0.2, 0) is 0 Å². The number of hydrogen-bond acceptors (Lipinski definition) is 5. The van der Waals surface area contributed by atoms with Crippen LogP contribution in [0.4, 0.5) is 5.82 Å². The normalized spacial score (nSPS) is 28.8. The van der Waals surface area contributed by atoms with E-state index in [1.807, 2.05) is 0 Å². The van der Waals surface area contributed by atoms with E-state index in [0.29, 0.717) is 18.0 Å². The molecule has 0 saturated carbocycles. The first-order chi connectivity index (χ1) is 7.79. The van der Waals surface area contributed by atoms with Crippen LogP contribution in [0.3, 0.4) is 0 Å². The largest absolute Gasteiger partial charge is 0.478 e. The van der Waals surface area contributed by atoms with Crippen LogP contribution in [-0.4, -0.2) is 54.2 Å². The number of hydrogen-bond donors (Lipinski definition) is 0. The molecule has 5 nitrogen and oxygen atoms in total. The lowest BCUT2D eigenvalue weighted by atomic mass is 10.2. The Morgan fingerprint density at radius 3 is 2.69 bits per heavy atom. The molecule has 5 heteroatoms. The van der Waals surface area contributed by atoms with Crippen LogP contribution in [0, 0.1) is 0 Å². The van der Waals surface area contributed by atoms with Crippen molar-refractivity contribution in [1.82, 2.24) is 14.9 Å². The lowest BCUT2D eigenvalue weighted by Gasteiger charge is -2.32. The Morgan fingerprint density at radius 2 is 2.06 bits per heavy atom. The molecule has 2 saturated heterocycles. The predicted molar refractivity (Wildman–Crippen MR) is 60.8 cm³/mol. The maximum absolute atomic E-state index is 5.26. The molecule has 0 radical (unpaired) electrons. The fourth-order valence-electron chi connectivity index (χ4n) is 2.78. The van der Waals surface area contributed by atoms with Gasteiger partial charge in [-0.05, 0) is 13.5 Å². The van der Waals surface area contributed by atoms with Crippen LogP contribution in [0.1, 0.15) is 6.42 Å². The van der Waals surface area contributed by atoms with Gasteiger partial charge in [-0.15, -0.1) is 0 Å². The molecule has 0 aromatic carbocycles. The summed E-state index contributed by atoms with van der Waals surface area (Å²) >= 11 is 0. The molecule has 1 unspecified atom stereocenters. The molecule has 2 fully saturated rings. The SMILES string of the molecule is COc1nccnc1N1CC2C[C@H]1CN2C.